The highest BCUT2D eigenvalue weighted by molar-refractivity contribution is 5.96. The minimum atomic E-state index is -1.04. The molecule has 5 aromatic rings. The van der Waals surface area contributed by atoms with Gasteiger partial charge in [0, 0.05) is 17.5 Å². The van der Waals surface area contributed by atoms with E-state index in [1.807, 2.05) is 43.3 Å². The summed E-state index contributed by atoms with van der Waals surface area (Å²) in [7, 11) is 0. The van der Waals surface area contributed by atoms with E-state index < -0.39 is 5.97 Å². The number of rotatable bonds is 4. The van der Waals surface area contributed by atoms with E-state index in [9.17, 15) is 9.90 Å². The van der Waals surface area contributed by atoms with Crippen LogP contribution in [0, 0.1) is 13.8 Å². The summed E-state index contributed by atoms with van der Waals surface area (Å²) in [5.41, 5.74) is 6.62. The Morgan fingerprint density at radius 2 is 1.73 bits per heavy atom. The van der Waals surface area contributed by atoms with Crippen LogP contribution < -0.4 is 0 Å². The van der Waals surface area contributed by atoms with Crippen molar-refractivity contribution in [3.63, 3.8) is 0 Å². The van der Waals surface area contributed by atoms with Crippen molar-refractivity contribution in [2.75, 3.05) is 0 Å². The fourth-order valence-corrected chi connectivity index (χ4v) is 3.99. The summed E-state index contributed by atoms with van der Waals surface area (Å²) < 4.78 is 7.78. The number of para-hydroxylation sites is 2. The number of aromatic carboxylic acids is 1. The van der Waals surface area contributed by atoms with Gasteiger partial charge in [0.05, 0.1) is 11.0 Å². The molecule has 30 heavy (non-hydrogen) atoms. The van der Waals surface area contributed by atoms with Gasteiger partial charge >= 0.3 is 5.97 Å². The van der Waals surface area contributed by atoms with E-state index in [0.29, 0.717) is 11.1 Å². The molecule has 0 unspecified atom stereocenters. The van der Waals surface area contributed by atoms with Crippen molar-refractivity contribution in [2.45, 2.75) is 20.4 Å². The van der Waals surface area contributed by atoms with E-state index in [2.05, 4.69) is 39.9 Å². The molecule has 3 aromatic carbocycles. The first-order chi connectivity index (χ1) is 14.5. The van der Waals surface area contributed by atoms with Crippen LogP contribution >= 0.6 is 0 Å². The van der Waals surface area contributed by atoms with Gasteiger partial charge in [-0.1, -0.05) is 48.5 Å². The van der Waals surface area contributed by atoms with Crippen molar-refractivity contribution >= 4 is 28.0 Å². The Morgan fingerprint density at radius 3 is 2.50 bits per heavy atom. The maximum Gasteiger partial charge on any atom is 0.372 e. The topological polar surface area (TPSA) is 68.3 Å². The molecule has 0 aliphatic carbocycles. The molecule has 0 bridgehead atoms. The third-order valence-corrected chi connectivity index (χ3v) is 5.61. The molecule has 5 nitrogen and oxygen atoms in total. The molecule has 0 atom stereocenters. The normalized spacial score (nSPS) is 11.4. The Balaban J connectivity index is 1.46. The summed E-state index contributed by atoms with van der Waals surface area (Å²) in [6, 6.07) is 22.4. The number of benzene rings is 3. The van der Waals surface area contributed by atoms with E-state index >= 15 is 0 Å². The maximum absolute atomic E-state index is 11.3. The van der Waals surface area contributed by atoms with Crippen LogP contribution in [0.2, 0.25) is 0 Å². The zero-order valence-electron chi connectivity index (χ0n) is 16.7. The van der Waals surface area contributed by atoms with Crippen molar-refractivity contribution < 1.29 is 14.3 Å². The molecule has 2 aromatic heterocycles. The predicted molar refractivity (Wildman–Crippen MR) is 117 cm³/mol. The van der Waals surface area contributed by atoms with E-state index in [4.69, 9.17) is 4.42 Å². The lowest BCUT2D eigenvalue weighted by atomic mass is 10.0. The second-order valence-corrected chi connectivity index (χ2v) is 7.50. The fraction of sp³-hybridized carbons (Fsp3) is 0.120. The van der Waals surface area contributed by atoms with Crippen LogP contribution in [0.5, 0.6) is 0 Å². The number of hydrogen-bond acceptors (Lipinski definition) is 3. The lowest BCUT2D eigenvalue weighted by molar-refractivity contribution is 0.0664. The molecule has 0 fully saturated rings. The standard InChI is InChI=1S/C25H20N2O3/c1-15-20-12-11-19(13-23(20)30-24(15)25(28)29)18-9-7-17(8-10-18)14-27-16(2)26-21-5-3-4-6-22(21)27/h3-13H,14H2,1-2H3,(H,28,29). The average molecular weight is 396 g/mol. The molecule has 2 heterocycles. The van der Waals surface area contributed by atoms with Crippen LogP contribution in [0.1, 0.15) is 27.5 Å². The molecule has 5 rings (SSSR count). The lowest BCUT2D eigenvalue weighted by Crippen LogP contribution is -2.01. The number of carboxylic acids is 1. The van der Waals surface area contributed by atoms with Crippen molar-refractivity contribution in [3.05, 3.63) is 89.4 Å². The van der Waals surface area contributed by atoms with E-state index in [1.165, 1.54) is 5.56 Å². The highest BCUT2D eigenvalue weighted by Gasteiger charge is 2.17. The Hall–Kier alpha value is -3.86. The molecular formula is C25H20N2O3. The number of hydrogen-bond donors (Lipinski definition) is 1. The summed E-state index contributed by atoms with van der Waals surface area (Å²) in [6.07, 6.45) is 0. The lowest BCUT2D eigenvalue weighted by Gasteiger charge is -2.08. The summed E-state index contributed by atoms with van der Waals surface area (Å²) in [5.74, 6) is -0.0505. The van der Waals surface area contributed by atoms with Crippen molar-refractivity contribution in [1.82, 2.24) is 9.55 Å². The number of imidazole rings is 1. The van der Waals surface area contributed by atoms with Crippen molar-refractivity contribution in [2.24, 2.45) is 0 Å². The number of fused-ring (bicyclic) bond motifs is 2. The molecule has 0 amide bonds. The summed E-state index contributed by atoms with van der Waals surface area (Å²) in [6.45, 7) is 4.55. The first kappa shape index (κ1) is 18.2. The van der Waals surface area contributed by atoms with Crippen LogP contribution in [-0.2, 0) is 6.54 Å². The van der Waals surface area contributed by atoms with Gasteiger partial charge in [0.15, 0.2) is 0 Å². The van der Waals surface area contributed by atoms with E-state index in [-0.39, 0.29) is 5.76 Å². The average Bonchev–Trinajstić information content (AvgIpc) is 3.25. The number of aromatic nitrogens is 2. The predicted octanol–water partition coefficient (Wildman–Crippen LogP) is 5.81. The van der Waals surface area contributed by atoms with Gasteiger partial charge in [-0.25, -0.2) is 9.78 Å². The number of carboxylic acid groups (broad SMARTS) is 1. The molecule has 0 spiro atoms. The van der Waals surface area contributed by atoms with Gasteiger partial charge in [0.25, 0.3) is 0 Å². The Labute approximate surface area is 173 Å². The second kappa shape index (κ2) is 6.88. The molecule has 5 heteroatoms. The van der Waals surface area contributed by atoms with Crippen LogP contribution in [0.4, 0.5) is 0 Å². The van der Waals surface area contributed by atoms with Gasteiger partial charge in [-0.15, -0.1) is 0 Å². The molecule has 0 aliphatic rings. The summed E-state index contributed by atoms with van der Waals surface area (Å²) in [4.78, 5) is 16.0. The molecule has 148 valence electrons. The Morgan fingerprint density at radius 1 is 1.00 bits per heavy atom. The van der Waals surface area contributed by atoms with Crippen LogP contribution in [0.25, 0.3) is 33.1 Å². The smallest absolute Gasteiger partial charge is 0.372 e. The first-order valence-corrected chi connectivity index (χ1v) is 9.79. The third-order valence-electron chi connectivity index (χ3n) is 5.61. The van der Waals surface area contributed by atoms with Crippen LogP contribution in [0.15, 0.2) is 71.1 Å². The molecule has 0 saturated carbocycles. The van der Waals surface area contributed by atoms with E-state index in [1.54, 1.807) is 6.92 Å². The van der Waals surface area contributed by atoms with Gasteiger partial charge in [-0.2, -0.15) is 0 Å². The highest BCUT2D eigenvalue weighted by Crippen LogP contribution is 2.30. The van der Waals surface area contributed by atoms with Gasteiger partial charge in [0.1, 0.15) is 11.4 Å². The Kier molecular flexibility index (Phi) is 4.17. The molecule has 0 saturated heterocycles. The maximum atomic E-state index is 11.3. The summed E-state index contributed by atoms with van der Waals surface area (Å²) in [5, 5.41) is 10.1. The zero-order valence-corrected chi connectivity index (χ0v) is 16.7. The number of nitrogens with zero attached hydrogens (tertiary/aromatic N) is 2. The third kappa shape index (κ3) is 2.95. The number of carbonyl (C=O) groups is 1. The van der Waals surface area contributed by atoms with Gasteiger partial charge < -0.3 is 14.1 Å². The SMILES string of the molecule is Cc1c(C(=O)O)oc2cc(-c3ccc(Cn4c(C)nc5ccccc54)cc3)ccc12. The second-order valence-electron chi connectivity index (χ2n) is 7.50. The minimum absolute atomic E-state index is 0.000395. The Bertz CT molecular complexity index is 1410. The molecular weight excluding hydrogens is 376 g/mol. The summed E-state index contributed by atoms with van der Waals surface area (Å²) >= 11 is 0. The van der Waals surface area contributed by atoms with Crippen LogP contribution in [-0.4, -0.2) is 20.6 Å². The fourth-order valence-electron chi connectivity index (χ4n) is 3.99. The highest BCUT2D eigenvalue weighted by atomic mass is 16.4. The molecule has 1 N–H and O–H groups in total. The largest absolute Gasteiger partial charge is 0.475 e. The van der Waals surface area contributed by atoms with Crippen molar-refractivity contribution in [3.8, 4) is 11.1 Å². The monoisotopic (exact) mass is 396 g/mol. The number of furan rings is 1. The minimum Gasteiger partial charge on any atom is -0.475 e. The van der Waals surface area contributed by atoms with Crippen LogP contribution in [0.3, 0.4) is 0 Å². The van der Waals surface area contributed by atoms with Gasteiger partial charge in [-0.3, -0.25) is 0 Å². The van der Waals surface area contributed by atoms with Gasteiger partial charge in [-0.05, 0) is 48.7 Å². The molecule has 0 radical (unpaired) electrons. The van der Waals surface area contributed by atoms with Crippen molar-refractivity contribution in [1.29, 1.82) is 0 Å². The zero-order chi connectivity index (χ0) is 20.8. The quantitative estimate of drug-likeness (QED) is 0.416. The van der Waals surface area contributed by atoms with Gasteiger partial charge in [0.2, 0.25) is 5.76 Å². The van der Waals surface area contributed by atoms with E-state index in [0.717, 1.165) is 39.9 Å². The first-order valence-electron chi connectivity index (χ1n) is 9.79. The number of aryl methyl sites for hydroxylation is 2. The molecule has 0 aliphatic heterocycles.